The number of aromatic nitrogens is 4. The third kappa shape index (κ3) is 3.10. The van der Waals surface area contributed by atoms with Crippen molar-refractivity contribution >= 4 is 39.9 Å². The summed E-state index contributed by atoms with van der Waals surface area (Å²) < 4.78 is 3.41. The molecule has 6 nitrogen and oxygen atoms in total. The lowest BCUT2D eigenvalue weighted by atomic mass is 10.1. The molecule has 0 bridgehead atoms. The maximum absolute atomic E-state index is 12.5. The zero-order valence-electron chi connectivity index (χ0n) is 14.8. The smallest absolute Gasteiger partial charge is 0.262 e. The number of hydrogen-bond acceptors (Lipinski definition) is 4. The molecule has 0 fully saturated rings. The first-order valence-electron chi connectivity index (χ1n) is 8.47. The molecule has 0 amide bonds. The Bertz CT molecular complexity index is 1210. The second-order valence-electron chi connectivity index (χ2n) is 6.40. The quantitative estimate of drug-likeness (QED) is 0.565. The molecule has 1 atom stereocenters. The normalized spacial score (nSPS) is 12.7. The molecule has 1 unspecified atom stereocenters. The Hall–Kier alpha value is -2.41. The molecule has 8 heteroatoms. The summed E-state index contributed by atoms with van der Waals surface area (Å²) >= 11 is 12.3. The summed E-state index contributed by atoms with van der Waals surface area (Å²) in [5.74, 6) is 1.22. The van der Waals surface area contributed by atoms with Crippen LogP contribution in [0.5, 0.6) is 0 Å². The Morgan fingerprint density at radius 1 is 1.15 bits per heavy atom. The van der Waals surface area contributed by atoms with E-state index < -0.39 is 0 Å². The maximum Gasteiger partial charge on any atom is 0.262 e. The van der Waals surface area contributed by atoms with Gasteiger partial charge >= 0.3 is 0 Å². The highest BCUT2D eigenvalue weighted by atomic mass is 35.5. The fourth-order valence-corrected chi connectivity index (χ4v) is 3.79. The summed E-state index contributed by atoms with van der Waals surface area (Å²) in [6.07, 6.45) is 0. The first-order chi connectivity index (χ1) is 13.0. The Morgan fingerprint density at radius 3 is 2.70 bits per heavy atom. The summed E-state index contributed by atoms with van der Waals surface area (Å²) in [6.45, 7) is 2.48. The SMILES string of the molecule is CC(NCc1nnc2n(C)c(=O)c3ccccc3n12)c1ccc(Cl)cc1Cl. The Kier molecular flexibility index (Phi) is 4.63. The van der Waals surface area contributed by atoms with Gasteiger partial charge in [0.25, 0.3) is 5.56 Å². The molecule has 2 aromatic carbocycles. The minimum atomic E-state index is -0.0914. The van der Waals surface area contributed by atoms with Gasteiger partial charge in [0.15, 0.2) is 5.82 Å². The van der Waals surface area contributed by atoms with E-state index in [9.17, 15) is 4.79 Å². The number of fused-ring (bicyclic) bond motifs is 3. The van der Waals surface area contributed by atoms with E-state index in [1.54, 1.807) is 13.1 Å². The highest BCUT2D eigenvalue weighted by molar-refractivity contribution is 6.35. The number of aryl methyl sites for hydroxylation is 1. The summed E-state index contributed by atoms with van der Waals surface area (Å²) in [5.41, 5.74) is 1.65. The van der Waals surface area contributed by atoms with Crippen molar-refractivity contribution in [3.05, 3.63) is 74.3 Å². The largest absolute Gasteiger partial charge is 0.303 e. The van der Waals surface area contributed by atoms with Crippen molar-refractivity contribution in [2.45, 2.75) is 19.5 Å². The number of rotatable bonds is 4. The molecule has 0 saturated carbocycles. The summed E-state index contributed by atoms with van der Waals surface area (Å²) in [7, 11) is 1.70. The predicted octanol–water partition coefficient (Wildman–Crippen LogP) is 3.74. The molecule has 1 N–H and O–H groups in total. The van der Waals surface area contributed by atoms with E-state index in [-0.39, 0.29) is 11.6 Å². The topological polar surface area (TPSA) is 64.2 Å². The molecule has 2 aromatic heterocycles. The third-order valence-electron chi connectivity index (χ3n) is 4.69. The average Bonchev–Trinajstić information content (AvgIpc) is 3.08. The Labute approximate surface area is 165 Å². The van der Waals surface area contributed by atoms with Gasteiger partial charge in [0.1, 0.15) is 0 Å². The van der Waals surface area contributed by atoms with Gasteiger partial charge in [-0.1, -0.05) is 41.4 Å². The van der Waals surface area contributed by atoms with Crippen LogP contribution in [0.15, 0.2) is 47.3 Å². The fourth-order valence-electron chi connectivity index (χ4n) is 3.21. The second-order valence-corrected chi connectivity index (χ2v) is 7.25. The number of benzene rings is 2. The van der Waals surface area contributed by atoms with Crippen molar-refractivity contribution in [2.75, 3.05) is 0 Å². The van der Waals surface area contributed by atoms with E-state index in [0.29, 0.717) is 33.6 Å². The Morgan fingerprint density at radius 2 is 1.93 bits per heavy atom. The zero-order valence-corrected chi connectivity index (χ0v) is 16.3. The lowest BCUT2D eigenvalue weighted by Gasteiger charge is -2.15. The predicted molar refractivity (Wildman–Crippen MR) is 107 cm³/mol. The molecule has 0 aliphatic heterocycles. The van der Waals surface area contributed by atoms with E-state index in [1.165, 1.54) is 4.57 Å². The highest BCUT2D eigenvalue weighted by Crippen LogP contribution is 2.26. The third-order valence-corrected chi connectivity index (χ3v) is 5.25. The number of nitrogens with one attached hydrogen (secondary N) is 1. The van der Waals surface area contributed by atoms with Crippen LogP contribution in [0.4, 0.5) is 0 Å². The van der Waals surface area contributed by atoms with Crippen molar-refractivity contribution in [3.63, 3.8) is 0 Å². The standard InChI is InChI=1S/C19H17Cl2N5O/c1-11(13-8-7-12(20)9-15(13)21)22-10-17-23-24-19-25(2)18(27)14-5-3-4-6-16(14)26(17)19/h3-9,11,22H,10H2,1-2H3. The van der Waals surface area contributed by atoms with Crippen molar-refractivity contribution < 1.29 is 0 Å². The summed E-state index contributed by atoms with van der Waals surface area (Å²) in [6, 6.07) is 12.9. The van der Waals surface area contributed by atoms with E-state index >= 15 is 0 Å². The van der Waals surface area contributed by atoms with E-state index in [4.69, 9.17) is 23.2 Å². The van der Waals surface area contributed by atoms with Crippen molar-refractivity contribution in [1.29, 1.82) is 0 Å². The minimum Gasteiger partial charge on any atom is -0.303 e. The lowest BCUT2D eigenvalue weighted by Crippen LogP contribution is -2.22. The van der Waals surface area contributed by atoms with Crippen LogP contribution in [-0.2, 0) is 13.6 Å². The number of para-hydroxylation sites is 1. The van der Waals surface area contributed by atoms with Crippen molar-refractivity contribution in [3.8, 4) is 0 Å². The number of nitrogens with zero attached hydrogens (tertiary/aromatic N) is 4. The van der Waals surface area contributed by atoms with Crippen LogP contribution >= 0.6 is 23.2 Å². The van der Waals surface area contributed by atoms with Gasteiger partial charge in [0, 0.05) is 23.1 Å². The van der Waals surface area contributed by atoms with Gasteiger partial charge in [0.2, 0.25) is 5.78 Å². The molecule has 27 heavy (non-hydrogen) atoms. The summed E-state index contributed by atoms with van der Waals surface area (Å²) in [5, 5.41) is 13.7. The van der Waals surface area contributed by atoms with Crippen LogP contribution in [0.25, 0.3) is 16.7 Å². The molecule has 0 aliphatic rings. The van der Waals surface area contributed by atoms with Crippen LogP contribution < -0.4 is 10.9 Å². The minimum absolute atomic E-state index is 0.0130. The van der Waals surface area contributed by atoms with Crippen LogP contribution in [0.1, 0.15) is 24.4 Å². The van der Waals surface area contributed by atoms with Crippen LogP contribution in [0.3, 0.4) is 0 Å². The molecule has 0 saturated heterocycles. The molecular weight excluding hydrogens is 385 g/mol. The number of halogens is 2. The van der Waals surface area contributed by atoms with Gasteiger partial charge in [-0.2, -0.15) is 0 Å². The van der Waals surface area contributed by atoms with Crippen LogP contribution in [-0.4, -0.2) is 19.2 Å². The van der Waals surface area contributed by atoms with Crippen molar-refractivity contribution in [2.24, 2.45) is 7.05 Å². The highest BCUT2D eigenvalue weighted by Gasteiger charge is 2.16. The molecule has 2 heterocycles. The van der Waals surface area contributed by atoms with E-state index in [1.807, 2.05) is 47.7 Å². The van der Waals surface area contributed by atoms with E-state index in [0.717, 1.165) is 11.1 Å². The second kappa shape index (κ2) is 6.96. The first-order valence-corrected chi connectivity index (χ1v) is 9.23. The van der Waals surface area contributed by atoms with E-state index in [2.05, 4.69) is 15.5 Å². The maximum atomic E-state index is 12.5. The van der Waals surface area contributed by atoms with Crippen LogP contribution in [0.2, 0.25) is 10.0 Å². The Balaban J connectivity index is 1.72. The van der Waals surface area contributed by atoms with Gasteiger partial charge in [-0.05, 0) is 36.8 Å². The monoisotopic (exact) mass is 401 g/mol. The molecule has 0 spiro atoms. The molecule has 138 valence electrons. The van der Waals surface area contributed by atoms with Gasteiger partial charge in [0.05, 0.1) is 17.4 Å². The van der Waals surface area contributed by atoms with Gasteiger partial charge in [-0.25, -0.2) is 0 Å². The lowest BCUT2D eigenvalue weighted by molar-refractivity contribution is 0.557. The first kappa shape index (κ1) is 18.0. The van der Waals surface area contributed by atoms with Gasteiger partial charge in [-0.3, -0.25) is 13.8 Å². The molecular formula is C19H17Cl2N5O. The van der Waals surface area contributed by atoms with Gasteiger partial charge in [-0.15, -0.1) is 10.2 Å². The fraction of sp³-hybridized carbons (Fsp3) is 0.211. The van der Waals surface area contributed by atoms with Crippen molar-refractivity contribution in [1.82, 2.24) is 24.5 Å². The summed E-state index contributed by atoms with van der Waals surface area (Å²) in [4.78, 5) is 12.5. The van der Waals surface area contributed by atoms with Crippen LogP contribution in [0, 0.1) is 0 Å². The van der Waals surface area contributed by atoms with Gasteiger partial charge < -0.3 is 5.32 Å². The molecule has 0 radical (unpaired) electrons. The number of hydrogen-bond donors (Lipinski definition) is 1. The average molecular weight is 402 g/mol. The molecule has 4 aromatic rings. The zero-order chi connectivity index (χ0) is 19.1. The molecule has 0 aliphatic carbocycles. The molecule has 4 rings (SSSR count).